The first-order chi connectivity index (χ1) is 13.5. The van der Waals surface area contributed by atoms with Gasteiger partial charge in [0.15, 0.2) is 0 Å². The van der Waals surface area contributed by atoms with Crippen molar-refractivity contribution in [1.29, 1.82) is 5.26 Å². The molecule has 4 atom stereocenters. The minimum atomic E-state index is -0.755. The van der Waals surface area contributed by atoms with E-state index >= 15 is 0 Å². The largest absolute Gasteiger partial charge is 0.339 e. The molecule has 144 valence electrons. The molecule has 1 aliphatic carbocycles. The van der Waals surface area contributed by atoms with Gasteiger partial charge in [-0.3, -0.25) is 4.79 Å². The third kappa shape index (κ3) is 3.91. The normalized spacial score (nSPS) is 24.0. The molecule has 1 saturated heterocycles. The van der Waals surface area contributed by atoms with Gasteiger partial charge in [0.05, 0.1) is 12.1 Å². The van der Waals surface area contributed by atoms with E-state index in [4.69, 9.17) is 0 Å². The summed E-state index contributed by atoms with van der Waals surface area (Å²) in [5.74, 6) is -0.182. The predicted molar refractivity (Wildman–Crippen MR) is 108 cm³/mol. The van der Waals surface area contributed by atoms with E-state index in [0.29, 0.717) is 17.5 Å². The molecule has 2 unspecified atom stereocenters. The standard InChI is InChI=1S/C22H22FN3OS/c23-20-11-14(13-2-1-3-19(28)10-13)4-5-15(20)8-18(12-24)26-22(27)21-16-6-7-17(9-16)25-21/h1-5,10-11,16-18,21,25,28H,6-9H2,(H,26,27)/t16?,17-,18?,21+/m1/s1. The van der Waals surface area contributed by atoms with Crippen LogP contribution in [0.3, 0.4) is 0 Å². The molecule has 2 fully saturated rings. The molecule has 4 nitrogen and oxygen atoms in total. The molecular weight excluding hydrogens is 373 g/mol. The number of carbonyl (C=O) groups is 1. The maximum Gasteiger partial charge on any atom is 0.238 e. The summed E-state index contributed by atoms with van der Waals surface area (Å²) in [6.45, 7) is 0. The minimum Gasteiger partial charge on any atom is -0.339 e. The highest BCUT2D eigenvalue weighted by atomic mass is 32.1. The maximum absolute atomic E-state index is 14.6. The van der Waals surface area contributed by atoms with Gasteiger partial charge in [-0.05, 0) is 60.1 Å². The van der Waals surface area contributed by atoms with Gasteiger partial charge in [-0.25, -0.2) is 4.39 Å². The van der Waals surface area contributed by atoms with Crippen molar-refractivity contribution < 1.29 is 9.18 Å². The molecule has 2 N–H and O–H groups in total. The Kier molecular flexibility index (Phi) is 5.38. The molecule has 1 heterocycles. The molecule has 1 amide bonds. The van der Waals surface area contributed by atoms with Gasteiger partial charge in [-0.1, -0.05) is 24.3 Å². The number of piperidine rings is 1. The van der Waals surface area contributed by atoms with Crippen LogP contribution in [0.5, 0.6) is 0 Å². The number of halogens is 1. The fourth-order valence-corrected chi connectivity index (χ4v) is 4.56. The highest BCUT2D eigenvalue weighted by molar-refractivity contribution is 7.80. The maximum atomic E-state index is 14.6. The van der Waals surface area contributed by atoms with Gasteiger partial charge < -0.3 is 10.6 Å². The van der Waals surface area contributed by atoms with Gasteiger partial charge in [-0.15, -0.1) is 12.6 Å². The summed E-state index contributed by atoms with van der Waals surface area (Å²) in [5, 5.41) is 15.6. The lowest BCUT2D eigenvalue weighted by molar-refractivity contribution is -0.124. The SMILES string of the molecule is N#CC(Cc1ccc(-c2cccc(S)c2)cc1F)NC(=O)[C@H]1N[C@@H]2CCC1C2. The van der Waals surface area contributed by atoms with Crippen molar-refractivity contribution in [3.8, 4) is 17.2 Å². The molecule has 28 heavy (non-hydrogen) atoms. The van der Waals surface area contributed by atoms with Crippen LogP contribution in [0.4, 0.5) is 4.39 Å². The van der Waals surface area contributed by atoms with E-state index in [-0.39, 0.29) is 24.2 Å². The fraction of sp³-hybridized carbons (Fsp3) is 0.364. The summed E-state index contributed by atoms with van der Waals surface area (Å²) in [4.78, 5) is 13.3. The first kappa shape index (κ1) is 19.0. The van der Waals surface area contributed by atoms with Crippen LogP contribution >= 0.6 is 12.6 Å². The molecular formula is C22H22FN3OS. The number of hydrogen-bond acceptors (Lipinski definition) is 4. The number of nitrogens with zero attached hydrogens (tertiary/aromatic N) is 1. The molecule has 1 saturated carbocycles. The second-order valence-electron chi connectivity index (χ2n) is 7.67. The van der Waals surface area contributed by atoms with Crippen LogP contribution in [0.15, 0.2) is 47.4 Å². The topological polar surface area (TPSA) is 64.9 Å². The number of thiol groups is 1. The summed E-state index contributed by atoms with van der Waals surface area (Å²) in [7, 11) is 0. The number of hydrogen-bond donors (Lipinski definition) is 3. The molecule has 4 rings (SSSR count). The Morgan fingerprint density at radius 3 is 2.75 bits per heavy atom. The number of amides is 1. The van der Waals surface area contributed by atoms with Crippen LogP contribution in [-0.2, 0) is 11.2 Å². The fourth-order valence-electron chi connectivity index (χ4n) is 4.34. The lowest BCUT2D eigenvalue weighted by Crippen LogP contribution is -2.50. The van der Waals surface area contributed by atoms with Crippen LogP contribution in [0.1, 0.15) is 24.8 Å². The Labute approximate surface area is 169 Å². The van der Waals surface area contributed by atoms with E-state index in [1.807, 2.05) is 30.3 Å². The number of rotatable bonds is 5. The summed E-state index contributed by atoms with van der Waals surface area (Å²) in [5.41, 5.74) is 2.05. The van der Waals surface area contributed by atoms with E-state index in [1.54, 1.807) is 6.07 Å². The highest BCUT2D eigenvalue weighted by Gasteiger charge is 2.43. The van der Waals surface area contributed by atoms with Crippen LogP contribution in [0.25, 0.3) is 11.1 Å². The second-order valence-corrected chi connectivity index (χ2v) is 8.18. The number of benzene rings is 2. The monoisotopic (exact) mass is 395 g/mol. The number of carbonyl (C=O) groups excluding carboxylic acids is 1. The third-order valence-corrected chi connectivity index (χ3v) is 6.05. The molecule has 2 bridgehead atoms. The molecule has 2 aromatic carbocycles. The van der Waals surface area contributed by atoms with Gasteiger partial charge in [-0.2, -0.15) is 5.26 Å². The Balaban J connectivity index is 1.43. The molecule has 6 heteroatoms. The summed E-state index contributed by atoms with van der Waals surface area (Å²) in [6, 6.07) is 14.0. The lowest BCUT2D eigenvalue weighted by atomic mass is 9.98. The lowest BCUT2D eigenvalue weighted by Gasteiger charge is -2.23. The van der Waals surface area contributed by atoms with Crippen molar-refractivity contribution >= 4 is 18.5 Å². The van der Waals surface area contributed by atoms with Crippen molar-refractivity contribution in [3.63, 3.8) is 0 Å². The zero-order valence-electron chi connectivity index (χ0n) is 15.4. The second kappa shape index (κ2) is 7.94. The van der Waals surface area contributed by atoms with Gasteiger partial charge in [0.25, 0.3) is 0 Å². The van der Waals surface area contributed by atoms with E-state index in [0.717, 1.165) is 35.3 Å². The van der Waals surface area contributed by atoms with E-state index in [1.165, 1.54) is 6.07 Å². The van der Waals surface area contributed by atoms with Gasteiger partial charge in [0.1, 0.15) is 11.9 Å². The Morgan fingerprint density at radius 2 is 2.11 bits per heavy atom. The summed E-state index contributed by atoms with van der Waals surface area (Å²) >= 11 is 4.32. The van der Waals surface area contributed by atoms with Crippen molar-refractivity contribution in [3.05, 3.63) is 53.8 Å². The molecule has 0 aromatic heterocycles. The average molecular weight is 396 g/mol. The molecule has 0 radical (unpaired) electrons. The van der Waals surface area contributed by atoms with Gasteiger partial charge >= 0.3 is 0 Å². The van der Waals surface area contributed by atoms with Crippen molar-refractivity contribution in [2.45, 2.75) is 48.7 Å². The molecule has 1 aliphatic heterocycles. The molecule has 0 spiro atoms. The summed E-state index contributed by atoms with van der Waals surface area (Å²) < 4.78 is 14.6. The number of nitrogens with one attached hydrogen (secondary N) is 2. The first-order valence-corrected chi connectivity index (χ1v) is 10.0. The predicted octanol–water partition coefficient (Wildman–Crippen LogP) is 3.47. The molecule has 2 aromatic rings. The van der Waals surface area contributed by atoms with Crippen molar-refractivity contribution in [2.24, 2.45) is 5.92 Å². The van der Waals surface area contributed by atoms with Crippen molar-refractivity contribution in [2.75, 3.05) is 0 Å². The number of nitriles is 1. The smallest absolute Gasteiger partial charge is 0.238 e. The van der Waals surface area contributed by atoms with Crippen LogP contribution < -0.4 is 10.6 Å². The Morgan fingerprint density at radius 1 is 1.29 bits per heavy atom. The van der Waals surface area contributed by atoms with Crippen LogP contribution in [-0.4, -0.2) is 24.0 Å². The Bertz CT molecular complexity index is 942. The number of fused-ring (bicyclic) bond motifs is 2. The zero-order valence-corrected chi connectivity index (χ0v) is 16.3. The molecule has 2 aliphatic rings. The van der Waals surface area contributed by atoms with Crippen molar-refractivity contribution in [1.82, 2.24) is 10.6 Å². The van der Waals surface area contributed by atoms with E-state index in [9.17, 15) is 14.4 Å². The van der Waals surface area contributed by atoms with Gasteiger partial charge in [0.2, 0.25) is 5.91 Å². The minimum absolute atomic E-state index is 0.141. The zero-order chi connectivity index (χ0) is 19.7. The van der Waals surface area contributed by atoms with E-state index < -0.39 is 6.04 Å². The quantitative estimate of drug-likeness (QED) is 0.679. The van der Waals surface area contributed by atoms with Crippen LogP contribution in [0.2, 0.25) is 0 Å². The van der Waals surface area contributed by atoms with Gasteiger partial charge in [0, 0.05) is 17.4 Å². The Hall–Kier alpha value is -2.36. The van der Waals surface area contributed by atoms with Crippen LogP contribution in [0, 0.1) is 23.1 Å². The highest BCUT2D eigenvalue weighted by Crippen LogP contribution is 2.35. The third-order valence-electron chi connectivity index (χ3n) is 5.77. The first-order valence-electron chi connectivity index (χ1n) is 9.57. The summed E-state index contributed by atoms with van der Waals surface area (Å²) in [6.07, 6.45) is 3.33. The van der Waals surface area contributed by atoms with E-state index in [2.05, 4.69) is 29.3 Å². The average Bonchev–Trinajstić information content (AvgIpc) is 3.32.